The lowest BCUT2D eigenvalue weighted by molar-refractivity contribution is 0.102. The SMILES string of the molecule is CC(C)(C)[C@H]1CCc2c(sc(N=Cc3cccc(Cl)c3Cl)c2C(=O)Nc2ccccc2)C1. The van der Waals surface area contributed by atoms with Crippen LogP contribution < -0.4 is 5.32 Å². The average molecular weight is 485 g/mol. The number of halogens is 2. The first-order valence-electron chi connectivity index (χ1n) is 10.7. The molecule has 0 aliphatic heterocycles. The van der Waals surface area contributed by atoms with E-state index in [1.165, 1.54) is 4.88 Å². The summed E-state index contributed by atoms with van der Waals surface area (Å²) in [5.41, 5.74) is 3.54. The van der Waals surface area contributed by atoms with Gasteiger partial charge in [-0.2, -0.15) is 0 Å². The molecule has 6 heteroatoms. The number of carbonyl (C=O) groups is 1. The number of para-hydroxylation sites is 1. The quantitative estimate of drug-likeness (QED) is 0.372. The van der Waals surface area contributed by atoms with E-state index in [0.717, 1.165) is 36.1 Å². The second kappa shape index (κ2) is 9.38. The van der Waals surface area contributed by atoms with Gasteiger partial charge >= 0.3 is 0 Å². The van der Waals surface area contributed by atoms with Crippen molar-refractivity contribution in [2.75, 3.05) is 5.32 Å². The zero-order chi connectivity index (χ0) is 22.9. The number of anilines is 1. The minimum atomic E-state index is -0.118. The highest BCUT2D eigenvalue weighted by Gasteiger charge is 2.33. The summed E-state index contributed by atoms with van der Waals surface area (Å²) < 4.78 is 0. The summed E-state index contributed by atoms with van der Waals surface area (Å²) in [5.74, 6) is 0.463. The van der Waals surface area contributed by atoms with Gasteiger partial charge in [0.1, 0.15) is 5.00 Å². The third-order valence-corrected chi connectivity index (χ3v) is 8.03. The van der Waals surface area contributed by atoms with Crippen molar-refractivity contribution in [1.29, 1.82) is 0 Å². The number of hydrogen-bond acceptors (Lipinski definition) is 3. The number of hydrogen-bond donors (Lipinski definition) is 1. The highest BCUT2D eigenvalue weighted by atomic mass is 35.5. The highest BCUT2D eigenvalue weighted by Crippen LogP contribution is 2.45. The maximum Gasteiger partial charge on any atom is 0.259 e. The van der Waals surface area contributed by atoms with Crippen molar-refractivity contribution in [3.8, 4) is 0 Å². The monoisotopic (exact) mass is 484 g/mol. The Labute approximate surface area is 203 Å². The van der Waals surface area contributed by atoms with Crippen LogP contribution in [-0.2, 0) is 12.8 Å². The molecular weight excluding hydrogens is 459 g/mol. The molecule has 4 rings (SSSR count). The molecule has 0 unspecified atom stereocenters. The zero-order valence-electron chi connectivity index (χ0n) is 18.4. The number of fused-ring (bicyclic) bond motifs is 1. The third kappa shape index (κ3) is 4.93. The molecule has 0 saturated carbocycles. The van der Waals surface area contributed by atoms with E-state index in [4.69, 9.17) is 28.2 Å². The molecule has 1 aliphatic carbocycles. The van der Waals surface area contributed by atoms with Crippen LogP contribution in [0.4, 0.5) is 10.7 Å². The van der Waals surface area contributed by atoms with Gasteiger partial charge in [-0.1, -0.05) is 74.3 Å². The smallest absolute Gasteiger partial charge is 0.259 e. The van der Waals surface area contributed by atoms with Crippen LogP contribution in [0.15, 0.2) is 53.5 Å². The molecule has 0 bridgehead atoms. The first-order valence-corrected chi connectivity index (χ1v) is 12.3. The number of carbonyl (C=O) groups excluding carboxylic acids is 1. The van der Waals surface area contributed by atoms with Crippen LogP contribution in [0.3, 0.4) is 0 Å². The van der Waals surface area contributed by atoms with Crippen molar-refractivity contribution in [2.24, 2.45) is 16.3 Å². The molecule has 3 nitrogen and oxygen atoms in total. The predicted molar refractivity (Wildman–Crippen MR) is 137 cm³/mol. The Kier molecular flexibility index (Phi) is 6.75. The van der Waals surface area contributed by atoms with E-state index in [0.29, 0.717) is 26.5 Å². The summed E-state index contributed by atoms with van der Waals surface area (Å²) >= 11 is 14.1. The van der Waals surface area contributed by atoms with E-state index in [-0.39, 0.29) is 11.3 Å². The fourth-order valence-electron chi connectivity index (χ4n) is 4.10. The van der Waals surface area contributed by atoms with E-state index < -0.39 is 0 Å². The predicted octanol–water partition coefficient (Wildman–Crippen LogP) is 8.21. The Hall–Kier alpha value is -2.14. The molecule has 0 radical (unpaired) electrons. The van der Waals surface area contributed by atoms with Gasteiger partial charge in [0, 0.05) is 22.3 Å². The fraction of sp³-hybridized carbons (Fsp3) is 0.308. The van der Waals surface area contributed by atoms with Gasteiger partial charge < -0.3 is 5.32 Å². The molecule has 3 aromatic rings. The van der Waals surface area contributed by atoms with Gasteiger partial charge in [-0.25, -0.2) is 4.99 Å². The minimum absolute atomic E-state index is 0.118. The van der Waals surface area contributed by atoms with Gasteiger partial charge in [0.25, 0.3) is 5.91 Å². The van der Waals surface area contributed by atoms with Gasteiger partial charge in [-0.3, -0.25) is 4.79 Å². The molecule has 1 heterocycles. The van der Waals surface area contributed by atoms with Gasteiger partial charge in [-0.05, 0) is 54.4 Å². The molecule has 0 spiro atoms. The van der Waals surface area contributed by atoms with Gasteiger partial charge in [-0.15, -0.1) is 11.3 Å². The molecule has 1 amide bonds. The van der Waals surface area contributed by atoms with E-state index >= 15 is 0 Å². The largest absolute Gasteiger partial charge is 0.322 e. The lowest BCUT2D eigenvalue weighted by Gasteiger charge is -2.33. The maximum atomic E-state index is 13.4. The summed E-state index contributed by atoms with van der Waals surface area (Å²) in [6.07, 6.45) is 4.63. The molecule has 1 atom stereocenters. The number of benzene rings is 2. The summed E-state index contributed by atoms with van der Waals surface area (Å²) in [4.78, 5) is 19.3. The Bertz CT molecular complexity index is 1160. The number of nitrogens with one attached hydrogen (secondary N) is 1. The van der Waals surface area contributed by atoms with Crippen molar-refractivity contribution < 1.29 is 4.79 Å². The Morgan fingerprint density at radius 3 is 2.59 bits per heavy atom. The summed E-state index contributed by atoms with van der Waals surface area (Å²) in [6, 6.07) is 15.0. The first-order chi connectivity index (χ1) is 15.2. The van der Waals surface area contributed by atoms with Crippen molar-refractivity contribution >= 4 is 57.3 Å². The van der Waals surface area contributed by atoms with Crippen LogP contribution in [0.2, 0.25) is 10.0 Å². The Balaban J connectivity index is 1.73. The van der Waals surface area contributed by atoms with Crippen LogP contribution in [0.5, 0.6) is 0 Å². The molecule has 0 saturated heterocycles. The lowest BCUT2D eigenvalue weighted by Crippen LogP contribution is -2.27. The molecule has 1 aromatic heterocycles. The van der Waals surface area contributed by atoms with Crippen molar-refractivity contribution in [3.63, 3.8) is 0 Å². The fourth-order valence-corrected chi connectivity index (χ4v) is 5.72. The number of amides is 1. The van der Waals surface area contributed by atoms with E-state index in [9.17, 15) is 4.79 Å². The molecule has 32 heavy (non-hydrogen) atoms. The van der Waals surface area contributed by atoms with E-state index in [2.05, 4.69) is 26.1 Å². The maximum absolute atomic E-state index is 13.4. The van der Waals surface area contributed by atoms with Crippen molar-refractivity contribution in [3.05, 3.63) is 80.1 Å². The van der Waals surface area contributed by atoms with Crippen LogP contribution in [0.25, 0.3) is 0 Å². The second-order valence-corrected chi connectivity index (χ2v) is 11.1. The number of rotatable bonds is 4. The van der Waals surface area contributed by atoms with Gasteiger partial charge in [0.05, 0.1) is 15.6 Å². The van der Waals surface area contributed by atoms with Crippen LogP contribution in [-0.4, -0.2) is 12.1 Å². The topological polar surface area (TPSA) is 41.5 Å². The van der Waals surface area contributed by atoms with Crippen molar-refractivity contribution in [2.45, 2.75) is 40.0 Å². The van der Waals surface area contributed by atoms with Gasteiger partial charge in [0.15, 0.2) is 0 Å². The van der Waals surface area contributed by atoms with E-state index in [1.807, 2.05) is 42.5 Å². The number of aliphatic imine (C=N–C) groups is 1. The summed E-state index contributed by atoms with van der Waals surface area (Å²) in [6.45, 7) is 6.87. The minimum Gasteiger partial charge on any atom is -0.322 e. The van der Waals surface area contributed by atoms with Crippen LogP contribution in [0, 0.1) is 11.3 Å². The first kappa shape index (κ1) is 23.0. The molecular formula is C26H26Cl2N2OS. The normalized spacial score (nSPS) is 16.2. The molecule has 1 aliphatic rings. The van der Waals surface area contributed by atoms with Gasteiger partial charge in [0.2, 0.25) is 0 Å². The highest BCUT2D eigenvalue weighted by molar-refractivity contribution is 7.16. The number of thiophene rings is 1. The second-order valence-electron chi connectivity index (χ2n) is 9.21. The number of nitrogens with zero attached hydrogens (tertiary/aromatic N) is 1. The third-order valence-electron chi connectivity index (χ3n) is 6.03. The van der Waals surface area contributed by atoms with Crippen LogP contribution in [0.1, 0.15) is 53.6 Å². The standard InChI is InChI=1S/C26H26Cl2N2OS/c1-26(2,3)17-12-13-19-21(14-17)32-25(29-15-16-8-7-11-20(27)23(16)28)22(19)24(31)30-18-9-5-4-6-10-18/h4-11,15,17H,12-14H2,1-3H3,(H,30,31)/t17-/m0/s1. The zero-order valence-corrected chi connectivity index (χ0v) is 20.7. The molecule has 2 aromatic carbocycles. The molecule has 1 N–H and O–H groups in total. The van der Waals surface area contributed by atoms with Crippen LogP contribution >= 0.6 is 34.5 Å². The average Bonchev–Trinajstić information content (AvgIpc) is 3.12. The van der Waals surface area contributed by atoms with Crippen molar-refractivity contribution in [1.82, 2.24) is 0 Å². The Morgan fingerprint density at radius 1 is 1.12 bits per heavy atom. The summed E-state index contributed by atoms with van der Waals surface area (Å²) in [5, 5.41) is 4.70. The van der Waals surface area contributed by atoms with E-state index in [1.54, 1.807) is 23.6 Å². The Morgan fingerprint density at radius 2 is 1.88 bits per heavy atom. The summed E-state index contributed by atoms with van der Waals surface area (Å²) in [7, 11) is 0. The molecule has 166 valence electrons. The molecule has 0 fully saturated rings. The lowest BCUT2D eigenvalue weighted by atomic mass is 9.72.